The Morgan fingerprint density at radius 1 is 1.39 bits per heavy atom. The molecule has 0 saturated carbocycles. The maximum Gasteiger partial charge on any atom is 0.223 e. The van der Waals surface area contributed by atoms with Gasteiger partial charge in [0.1, 0.15) is 11.3 Å². The molecule has 0 amide bonds. The lowest BCUT2D eigenvalue weighted by molar-refractivity contribution is -0.0136. The molecule has 0 radical (unpaired) electrons. The summed E-state index contributed by atoms with van der Waals surface area (Å²) < 4.78 is 22.2. The average molecular weight is 449 g/mol. The van der Waals surface area contributed by atoms with Crippen LogP contribution in [0.5, 0.6) is 0 Å². The molecule has 0 bridgehead atoms. The minimum absolute atomic E-state index is 0.239. The van der Waals surface area contributed by atoms with Crippen LogP contribution in [0.1, 0.15) is 26.1 Å². The van der Waals surface area contributed by atoms with E-state index >= 15 is 4.39 Å². The van der Waals surface area contributed by atoms with Crippen LogP contribution in [0.25, 0.3) is 22.3 Å². The molecule has 1 aliphatic rings. The van der Waals surface area contributed by atoms with Gasteiger partial charge in [0.05, 0.1) is 46.7 Å². The summed E-state index contributed by atoms with van der Waals surface area (Å²) in [4.78, 5) is 13.1. The fourth-order valence-electron chi connectivity index (χ4n) is 3.94. The van der Waals surface area contributed by atoms with Gasteiger partial charge in [-0.15, -0.1) is 0 Å². The van der Waals surface area contributed by atoms with Gasteiger partial charge < -0.3 is 25.5 Å². The van der Waals surface area contributed by atoms with E-state index in [1.54, 1.807) is 0 Å². The van der Waals surface area contributed by atoms with Crippen LogP contribution >= 0.6 is 11.6 Å². The van der Waals surface area contributed by atoms with E-state index in [1.165, 1.54) is 12.3 Å². The zero-order chi connectivity index (χ0) is 22.3. The fourth-order valence-corrected chi connectivity index (χ4v) is 4.14. The average Bonchev–Trinajstić information content (AvgIpc) is 3.08. The number of hydrogen-bond donors (Lipinski definition) is 3. The maximum absolute atomic E-state index is 15.0. The molecule has 1 saturated heterocycles. The Kier molecular flexibility index (Phi) is 5.87. The molecule has 2 aromatic heterocycles. The first-order chi connectivity index (χ1) is 14.7. The predicted molar refractivity (Wildman–Crippen MR) is 118 cm³/mol. The zero-order valence-electron chi connectivity index (χ0n) is 17.7. The Hall–Kier alpha value is -2.33. The topological polar surface area (TPSA) is 111 Å². The molecule has 4 N–H and O–H groups in total. The lowest BCUT2D eigenvalue weighted by Gasteiger charge is -2.28. The van der Waals surface area contributed by atoms with Crippen LogP contribution in [0.2, 0.25) is 5.02 Å². The molecule has 1 fully saturated rings. The molecule has 2 atom stereocenters. The summed E-state index contributed by atoms with van der Waals surface area (Å²) in [7, 11) is 0. The van der Waals surface area contributed by atoms with Crippen molar-refractivity contribution in [3.63, 3.8) is 0 Å². The van der Waals surface area contributed by atoms with Crippen LogP contribution in [0, 0.1) is 12.7 Å². The van der Waals surface area contributed by atoms with Gasteiger partial charge in [0.2, 0.25) is 5.95 Å². The molecule has 0 unspecified atom stereocenters. The van der Waals surface area contributed by atoms with Crippen molar-refractivity contribution in [3.05, 3.63) is 35.0 Å². The van der Waals surface area contributed by atoms with Gasteiger partial charge in [-0.1, -0.05) is 11.6 Å². The second-order valence-corrected chi connectivity index (χ2v) is 8.82. The van der Waals surface area contributed by atoms with E-state index in [4.69, 9.17) is 22.1 Å². The van der Waals surface area contributed by atoms with Gasteiger partial charge in [0.15, 0.2) is 5.82 Å². The van der Waals surface area contributed by atoms with E-state index in [-0.39, 0.29) is 23.2 Å². The second kappa shape index (κ2) is 8.31. The number of fused-ring (bicyclic) bond motifs is 1. The fraction of sp³-hybridized carbons (Fsp3) is 0.476. The highest BCUT2D eigenvalue weighted by molar-refractivity contribution is 6.33. The van der Waals surface area contributed by atoms with Crippen molar-refractivity contribution in [2.45, 2.75) is 44.9 Å². The number of nitrogens with zero attached hydrogens (tertiary/aromatic N) is 4. The minimum atomic E-state index is -0.666. The number of nitrogens with two attached hydrogens (primary N) is 1. The molecule has 1 aliphatic heterocycles. The summed E-state index contributed by atoms with van der Waals surface area (Å²) in [6.07, 6.45) is 1.42. The van der Waals surface area contributed by atoms with Crippen molar-refractivity contribution in [2.75, 3.05) is 25.1 Å². The third kappa shape index (κ3) is 4.10. The monoisotopic (exact) mass is 448 g/mol. The van der Waals surface area contributed by atoms with Crippen LogP contribution < -0.4 is 11.1 Å². The van der Waals surface area contributed by atoms with Crippen LogP contribution in [-0.4, -0.2) is 56.5 Å². The van der Waals surface area contributed by atoms with Crippen LogP contribution in [0.4, 0.5) is 10.3 Å². The van der Waals surface area contributed by atoms with E-state index < -0.39 is 17.5 Å². The van der Waals surface area contributed by atoms with Crippen molar-refractivity contribution in [3.8, 4) is 11.3 Å². The molecule has 4 rings (SSSR count). The first-order valence-corrected chi connectivity index (χ1v) is 10.5. The number of rotatable bonds is 5. The normalized spacial score (nSPS) is 19.7. The molecule has 0 spiro atoms. The number of aliphatic hydroxyl groups excluding tert-OH is 1. The number of imidazole rings is 1. The minimum Gasteiger partial charge on any atom is -0.389 e. The van der Waals surface area contributed by atoms with Crippen molar-refractivity contribution < 1.29 is 14.2 Å². The summed E-state index contributed by atoms with van der Waals surface area (Å²) in [6.45, 7) is 6.93. The van der Waals surface area contributed by atoms with E-state index in [0.29, 0.717) is 48.1 Å². The highest BCUT2D eigenvalue weighted by atomic mass is 35.5. The largest absolute Gasteiger partial charge is 0.389 e. The summed E-state index contributed by atoms with van der Waals surface area (Å²) in [5, 5.41) is 13.5. The number of halogens is 2. The van der Waals surface area contributed by atoms with Crippen LogP contribution in [0.15, 0.2) is 18.3 Å². The quantitative estimate of drug-likeness (QED) is 0.550. The third-order valence-corrected chi connectivity index (χ3v) is 5.92. The van der Waals surface area contributed by atoms with E-state index in [9.17, 15) is 5.11 Å². The van der Waals surface area contributed by atoms with Gasteiger partial charge in [-0.05, 0) is 39.3 Å². The summed E-state index contributed by atoms with van der Waals surface area (Å²) >= 11 is 6.38. The maximum atomic E-state index is 15.0. The van der Waals surface area contributed by atoms with E-state index in [0.717, 1.165) is 0 Å². The second-order valence-electron chi connectivity index (χ2n) is 8.41. The number of anilines is 1. The number of benzene rings is 1. The number of ether oxygens (including phenoxy) is 1. The molecule has 0 aliphatic carbocycles. The first-order valence-electron chi connectivity index (χ1n) is 10.2. The van der Waals surface area contributed by atoms with Crippen molar-refractivity contribution in [1.82, 2.24) is 19.5 Å². The number of aromatic nitrogens is 4. The number of aliphatic hydroxyl groups is 1. The molecule has 1 aromatic carbocycles. The lowest BCUT2D eigenvalue weighted by Crippen LogP contribution is -2.42. The Morgan fingerprint density at radius 2 is 2.16 bits per heavy atom. The SMILES string of the molecule is Cc1nc2c(F)cc(-c3nc(N[C@@H]4CCOC[C@H]4O)ncc3Cl)cc2n1C(C)(C)CN. The molecule has 166 valence electrons. The molecule has 8 nitrogen and oxygen atoms in total. The molecule has 3 aromatic rings. The van der Waals surface area contributed by atoms with Gasteiger partial charge in [-0.25, -0.2) is 19.3 Å². The van der Waals surface area contributed by atoms with E-state index in [1.807, 2.05) is 31.4 Å². The molecule has 10 heteroatoms. The van der Waals surface area contributed by atoms with Gasteiger partial charge in [-0.3, -0.25) is 0 Å². The lowest BCUT2D eigenvalue weighted by atomic mass is 10.0. The third-order valence-electron chi connectivity index (χ3n) is 5.64. The first kappa shape index (κ1) is 21.9. The van der Waals surface area contributed by atoms with Crippen LogP contribution in [-0.2, 0) is 10.3 Å². The number of nitrogens with one attached hydrogen (secondary N) is 1. The Bertz CT molecular complexity index is 1120. The molecular formula is C21H26ClFN6O2. The molecule has 3 heterocycles. The van der Waals surface area contributed by atoms with Gasteiger partial charge in [0, 0.05) is 18.7 Å². The molecule has 31 heavy (non-hydrogen) atoms. The van der Waals surface area contributed by atoms with Crippen LogP contribution in [0.3, 0.4) is 0 Å². The van der Waals surface area contributed by atoms with Gasteiger partial charge >= 0.3 is 0 Å². The Morgan fingerprint density at radius 3 is 2.87 bits per heavy atom. The van der Waals surface area contributed by atoms with E-state index in [2.05, 4.69) is 20.3 Å². The van der Waals surface area contributed by atoms with Crippen molar-refractivity contribution in [1.29, 1.82) is 0 Å². The zero-order valence-corrected chi connectivity index (χ0v) is 18.4. The summed E-state index contributed by atoms with van der Waals surface area (Å²) in [6, 6.07) is 2.95. The predicted octanol–water partition coefficient (Wildman–Crippen LogP) is 2.85. The molecular weight excluding hydrogens is 423 g/mol. The smallest absolute Gasteiger partial charge is 0.223 e. The summed E-state index contributed by atoms with van der Waals surface area (Å²) in [5.41, 5.74) is 7.29. The number of hydrogen-bond acceptors (Lipinski definition) is 7. The van der Waals surface area contributed by atoms with Crippen molar-refractivity contribution >= 4 is 28.6 Å². The van der Waals surface area contributed by atoms with Gasteiger partial charge in [-0.2, -0.15) is 0 Å². The Balaban J connectivity index is 1.78. The summed E-state index contributed by atoms with van der Waals surface area (Å²) in [5.74, 6) is 0.509. The van der Waals surface area contributed by atoms with Crippen molar-refractivity contribution in [2.24, 2.45) is 5.73 Å². The highest BCUT2D eigenvalue weighted by Gasteiger charge is 2.26. The number of aryl methyl sites for hydroxylation is 1. The van der Waals surface area contributed by atoms with Gasteiger partial charge in [0.25, 0.3) is 0 Å². The Labute approximate surface area is 184 Å². The standard InChI is InChI=1S/C21H26ClFN6O2/c1-11-26-19-14(23)6-12(7-16(19)29(11)21(2,3)10-24)18-13(22)8-25-20(28-18)27-15-4-5-31-9-17(15)30/h6-8,15,17,30H,4-5,9-10,24H2,1-3H3,(H,25,27,28)/t15-,17-/m1/s1. The highest BCUT2D eigenvalue weighted by Crippen LogP contribution is 2.33.